The molecule has 2 atom stereocenters. The Morgan fingerprint density at radius 3 is 2.48 bits per heavy atom. The van der Waals surface area contributed by atoms with E-state index in [4.69, 9.17) is 0 Å². The predicted octanol–water partition coefficient (Wildman–Crippen LogP) is 0.126. The number of aliphatic hydroxyl groups is 2. The maximum absolute atomic E-state index is 13.5. The molecule has 158 valence electrons. The van der Waals surface area contributed by atoms with Crippen molar-refractivity contribution in [3.05, 3.63) is 66.1 Å². The molecule has 2 aromatic carbocycles. The fraction of sp³-hybridized carbons (Fsp3) is 0.292. The van der Waals surface area contributed by atoms with Crippen molar-refractivity contribution < 1.29 is 54.1 Å². The molecule has 0 radical (unpaired) electrons. The van der Waals surface area contributed by atoms with Crippen LogP contribution in [0.4, 0.5) is 4.39 Å². The fourth-order valence-corrected chi connectivity index (χ4v) is 3.72. The average Bonchev–Trinajstić information content (AvgIpc) is 3.00. The smallest absolute Gasteiger partial charge is 0.550 e. The number of aliphatic carboxylic acids is 1. The van der Waals surface area contributed by atoms with Crippen molar-refractivity contribution in [2.45, 2.75) is 44.9 Å². The van der Waals surface area contributed by atoms with Crippen LogP contribution in [-0.4, -0.2) is 33.0 Å². The maximum Gasteiger partial charge on any atom is 1.00 e. The van der Waals surface area contributed by atoms with Gasteiger partial charge in [-0.2, -0.15) is 0 Å². The van der Waals surface area contributed by atoms with Crippen LogP contribution in [0, 0.1) is 5.82 Å². The van der Waals surface area contributed by atoms with Crippen molar-refractivity contribution in [2.75, 3.05) is 0 Å². The van der Waals surface area contributed by atoms with Gasteiger partial charge in [-0.15, -0.1) is 0 Å². The summed E-state index contributed by atoms with van der Waals surface area (Å²) in [6.45, 7) is 2.83. The molecule has 5 nitrogen and oxygen atoms in total. The van der Waals surface area contributed by atoms with Gasteiger partial charge in [-0.05, 0) is 36.3 Å². The molecule has 0 saturated carbocycles. The van der Waals surface area contributed by atoms with Gasteiger partial charge in [-0.1, -0.05) is 43.3 Å². The molecule has 0 spiro atoms. The number of aryl methyl sites for hydroxylation is 1. The molecule has 3 aromatic rings. The Morgan fingerprint density at radius 1 is 1.16 bits per heavy atom. The monoisotopic (exact) mass is 433 g/mol. The number of benzene rings is 2. The Kier molecular flexibility index (Phi) is 9.47. The summed E-state index contributed by atoms with van der Waals surface area (Å²) in [7, 11) is 0. The largest absolute Gasteiger partial charge is 1.00 e. The summed E-state index contributed by atoms with van der Waals surface area (Å²) >= 11 is 0. The zero-order valence-electron chi connectivity index (χ0n) is 17.8. The first-order chi connectivity index (χ1) is 14.4. The number of fused-ring (bicyclic) bond motifs is 1. The summed E-state index contributed by atoms with van der Waals surface area (Å²) in [6.07, 6.45) is 1.39. The third-order valence-corrected chi connectivity index (χ3v) is 4.98. The Bertz CT molecular complexity index is 1050. The topological polar surface area (TPSA) is 85.5 Å². The SMILES string of the molecule is CCCn1c(/C=C/[C@H](O)C[C@H](O)CC(=O)[O-])c(-c2ccc(F)cc2)c2ccccc21.[Na+]. The Labute approximate surface area is 203 Å². The van der Waals surface area contributed by atoms with Crippen molar-refractivity contribution >= 4 is 22.9 Å². The maximum atomic E-state index is 13.5. The Hall–Kier alpha value is -1.96. The van der Waals surface area contributed by atoms with E-state index in [0.717, 1.165) is 40.7 Å². The summed E-state index contributed by atoms with van der Waals surface area (Å²) in [5.74, 6) is -1.68. The first-order valence-corrected chi connectivity index (χ1v) is 10.0. The van der Waals surface area contributed by atoms with E-state index in [1.807, 2.05) is 24.3 Å². The zero-order valence-corrected chi connectivity index (χ0v) is 19.8. The minimum atomic E-state index is -1.36. The number of carbonyl (C=O) groups excluding carboxylic acids is 1. The molecule has 7 heteroatoms. The van der Waals surface area contributed by atoms with E-state index in [1.54, 1.807) is 24.3 Å². The first kappa shape index (κ1) is 25.3. The van der Waals surface area contributed by atoms with Crippen LogP contribution >= 0.6 is 0 Å². The number of rotatable bonds is 9. The second-order valence-corrected chi connectivity index (χ2v) is 7.33. The number of nitrogens with zero attached hydrogens (tertiary/aromatic N) is 1. The number of hydrogen-bond acceptors (Lipinski definition) is 4. The zero-order chi connectivity index (χ0) is 21.7. The quantitative estimate of drug-likeness (QED) is 0.470. The van der Waals surface area contributed by atoms with Crippen LogP contribution in [0.5, 0.6) is 0 Å². The molecule has 1 heterocycles. The van der Waals surface area contributed by atoms with E-state index < -0.39 is 24.6 Å². The molecule has 0 aliphatic rings. The number of carboxylic acid groups (broad SMARTS) is 1. The van der Waals surface area contributed by atoms with Crippen molar-refractivity contribution in [1.82, 2.24) is 4.57 Å². The standard InChI is InChI=1S/C24H26FNO4.Na/c1-2-13-26-21-6-4-3-5-20(21)24(16-7-9-17(25)10-8-16)22(26)12-11-18(27)14-19(28)15-23(29)30;/h3-12,18-19,27-28H,2,13-15H2,1H3,(H,29,30);/q;+1/p-1/b12-11+;/t18-,19-;/m0./s1. The average molecular weight is 433 g/mol. The third-order valence-electron chi connectivity index (χ3n) is 4.98. The van der Waals surface area contributed by atoms with Crippen LogP contribution in [0.25, 0.3) is 28.1 Å². The molecular weight excluding hydrogens is 408 g/mol. The number of carboxylic acids is 1. The molecule has 0 unspecified atom stereocenters. The summed E-state index contributed by atoms with van der Waals surface area (Å²) in [5, 5.41) is 31.6. The van der Waals surface area contributed by atoms with Gasteiger partial charge in [0.1, 0.15) is 5.82 Å². The molecule has 0 aliphatic heterocycles. The van der Waals surface area contributed by atoms with Crippen molar-refractivity contribution in [3.63, 3.8) is 0 Å². The number of halogens is 1. The van der Waals surface area contributed by atoms with Gasteiger partial charge < -0.3 is 24.7 Å². The van der Waals surface area contributed by atoms with E-state index in [9.17, 15) is 24.5 Å². The molecular formula is C24H25FNNaO4. The van der Waals surface area contributed by atoms with Gasteiger partial charge in [0.2, 0.25) is 0 Å². The predicted molar refractivity (Wildman–Crippen MR) is 113 cm³/mol. The first-order valence-electron chi connectivity index (χ1n) is 10.0. The van der Waals surface area contributed by atoms with Crippen LogP contribution in [0.15, 0.2) is 54.6 Å². The fourth-order valence-electron chi connectivity index (χ4n) is 3.72. The second kappa shape index (κ2) is 11.6. The van der Waals surface area contributed by atoms with Crippen molar-refractivity contribution in [1.29, 1.82) is 0 Å². The van der Waals surface area contributed by atoms with Crippen LogP contribution in [-0.2, 0) is 11.3 Å². The van der Waals surface area contributed by atoms with Gasteiger partial charge in [0.05, 0.1) is 12.2 Å². The number of hydrogen-bond donors (Lipinski definition) is 2. The van der Waals surface area contributed by atoms with Crippen LogP contribution in [0.2, 0.25) is 0 Å². The molecule has 1 aromatic heterocycles. The second-order valence-electron chi connectivity index (χ2n) is 7.33. The summed E-state index contributed by atoms with van der Waals surface area (Å²) in [4.78, 5) is 10.6. The van der Waals surface area contributed by atoms with Gasteiger partial charge in [0, 0.05) is 47.5 Å². The molecule has 3 rings (SSSR count). The van der Waals surface area contributed by atoms with E-state index in [1.165, 1.54) is 12.1 Å². The van der Waals surface area contributed by atoms with E-state index >= 15 is 0 Å². The van der Waals surface area contributed by atoms with Crippen molar-refractivity contribution in [3.8, 4) is 11.1 Å². The summed E-state index contributed by atoms with van der Waals surface area (Å²) in [5.41, 5.74) is 3.68. The van der Waals surface area contributed by atoms with Gasteiger partial charge in [-0.25, -0.2) is 4.39 Å². The van der Waals surface area contributed by atoms with E-state index in [-0.39, 0.29) is 41.8 Å². The van der Waals surface area contributed by atoms with Crippen LogP contribution in [0.1, 0.15) is 31.9 Å². The molecule has 0 aliphatic carbocycles. The van der Waals surface area contributed by atoms with Crippen LogP contribution in [0.3, 0.4) is 0 Å². The minimum Gasteiger partial charge on any atom is -0.550 e. The molecule has 0 bridgehead atoms. The van der Waals surface area contributed by atoms with Crippen LogP contribution < -0.4 is 34.7 Å². The number of aliphatic hydroxyl groups excluding tert-OH is 2. The summed E-state index contributed by atoms with van der Waals surface area (Å²) in [6, 6.07) is 14.2. The number of aromatic nitrogens is 1. The molecule has 2 N–H and O–H groups in total. The molecule has 0 saturated heterocycles. The van der Waals surface area contributed by atoms with E-state index in [0.29, 0.717) is 0 Å². The minimum absolute atomic E-state index is 0. The Balaban J connectivity index is 0.00000341. The molecule has 0 amide bonds. The van der Waals surface area contributed by atoms with Crippen molar-refractivity contribution in [2.24, 2.45) is 0 Å². The molecule has 0 fully saturated rings. The number of carbonyl (C=O) groups is 1. The van der Waals surface area contributed by atoms with Gasteiger partial charge in [-0.3, -0.25) is 0 Å². The molecule has 31 heavy (non-hydrogen) atoms. The van der Waals surface area contributed by atoms with Gasteiger partial charge in [0.25, 0.3) is 0 Å². The number of para-hydroxylation sites is 1. The summed E-state index contributed by atoms with van der Waals surface area (Å²) < 4.78 is 15.6. The van der Waals surface area contributed by atoms with Gasteiger partial charge in [0.15, 0.2) is 0 Å². The van der Waals surface area contributed by atoms with Gasteiger partial charge >= 0.3 is 29.6 Å². The van der Waals surface area contributed by atoms with E-state index in [2.05, 4.69) is 11.5 Å². The Morgan fingerprint density at radius 2 is 1.84 bits per heavy atom. The third kappa shape index (κ3) is 6.28. The normalized spacial score (nSPS) is 13.3.